The molecule has 3 heterocycles. The minimum Gasteiger partial charge on any atom is -0.497 e. The molecule has 0 radical (unpaired) electrons. The fraction of sp³-hybridized carbons (Fsp3) is 0.489. The van der Waals surface area contributed by atoms with Gasteiger partial charge >= 0.3 is 5.97 Å². The summed E-state index contributed by atoms with van der Waals surface area (Å²) in [5.74, 6) is -1.04. The number of esters is 1. The largest absolute Gasteiger partial charge is 0.497 e. The molecule has 11 nitrogen and oxygen atoms in total. The van der Waals surface area contributed by atoms with Crippen LogP contribution in [-0.4, -0.2) is 74.5 Å². The molecule has 308 valence electrons. The number of ether oxygens (including phenoxy) is 3. The van der Waals surface area contributed by atoms with Crippen molar-refractivity contribution in [1.29, 1.82) is 0 Å². The molecule has 1 aliphatic heterocycles. The number of likely N-dealkylation sites (tertiary alicyclic amines) is 1. The highest BCUT2D eigenvalue weighted by atomic mass is 32.1. The number of aromatic nitrogens is 2. The summed E-state index contributed by atoms with van der Waals surface area (Å²) in [6.07, 6.45) is 4.55. The maximum absolute atomic E-state index is 14.9. The third kappa shape index (κ3) is 8.80. The number of aryl methyl sites for hydroxylation is 1. The van der Waals surface area contributed by atoms with Crippen molar-refractivity contribution in [2.24, 2.45) is 17.3 Å². The Hall–Kier alpha value is -4.38. The molecular weight excluding hydrogens is 774 g/mol. The van der Waals surface area contributed by atoms with E-state index in [1.807, 2.05) is 82.3 Å². The van der Waals surface area contributed by atoms with Crippen molar-refractivity contribution >= 4 is 47.3 Å². The van der Waals surface area contributed by atoms with Gasteiger partial charge in [-0.2, -0.15) is 0 Å². The quantitative estimate of drug-likeness (QED) is 0.0701. The number of carbonyl (C=O) groups excluding carboxylic acids is 3. The van der Waals surface area contributed by atoms with Crippen molar-refractivity contribution in [2.75, 3.05) is 13.7 Å². The molecule has 6 atom stereocenters. The van der Waals surface area contributed by atoms with Crippen LogP contribution in [0.3, 0.4) is 0 Å². The molecule has 13 heteroatoms. The Kier molecular flexibility index (Phi) is 12.0. The number of pyridine rings is 1. The highest BCUT2D eigenvalue weighted by molar-refractivity contribution is 7.59. The van der Waals surface area contributed by atoms with E-state index in [0.717, 1.165) is 41.6 Å². The number of fused-ring (bicyclic) bond motifs is 1. The van der Waals surface area contributed by atoms with Crippen LogP contribution in [0.25, 0.3) is 22.2 Å². The molecule has 0 bridgehead atoms. The topological polar surface area (TPSA) is 145 Å². The number of Topliss-reactive ketones (excluding diaryl/α,β-unsaturated/α-hetero) is 1. The Bertz CT molecular complexity index is 2230. The maximum atomic E-state index is 14.9. The first-order valence-electron chi connectivity index (χ1n) is 20.2. The summed E-state index contributed by atoms with van der Waals surface area (Å²) in [6.45, 7) is 11.6. The van der Waals surface area contributed by atoms with Gasteiger partial charge in [0.1, 0.15) is 23.7 Å². The average molecular weight is 828 g/mol. The lowest BCUT2D eigenvalue weighted by atomic mass is 9.77. The molecule has 2 aromatic heterocycles. The van der Waals surface area contributed by atoms with Crippen LogP contribution >= 0.6 is 18.7 Å². The van der Waals surface area contributed by atoms with E-state index in [0.29, 0.717) is 34.8 Å². The molecule has 1 unspecified atom stereocenters. The van der Waals surface area contributed by atoms with E-state index in [1.54, 1.807) is 23.5 Å². The molecular formula is C45H54N3O8PS. The lowest BCUT2D eigenvalue weighted by Gasteiger charge is -2.35. The molecule has 2 aromatic carbocycles. The Morgan fingerprint density at radius 1 is 1.09 bits per heavy atom. The van der Waals surface area contributed by atoms with Crippen LogP contribution in [0.2, 0.25) is 0 Å². The van der Waals surface area contributed by atoms with Crippen LogP contribution in [-0.2, 0) is 29.8 Å². The van der Waals surface area contributed by atoms with Crippen LogP contribution in [0, 0.1) is 24.2 Å². The third-order valence-corrected chi connectivity index (χ3v) is 15.8. The summed E-state index contributed by atoms with van der Waals surface area (Å²) in [5, 5.41) is 2.10. The molecule has 3 fully saturated rings. The highest BCUT2D eigenvalue weighted by Gasteiger charge is 2.65. The summed E-state index contributed by atoms with van der Waals surface area (Å²) in [6, 6.07) is 16.2. The second-order valence-electron chi connectivity index (χ2n) is 17.3. The number of carbonyl (C=O) groups is 3. The molecule has 1 amide bonds. The Labute approximate surface area is 344 Å². The molecule has 1 saturated heterocycles. The van der Waals surface area contributed by atoms with Crippen LogP contribution in [0.5, 0.6) is 11.5 Å². The first-order chi connectivity index (χ1) is 27.6. The van der Waals surface area contributed by atoms with Gasteiger partial charge < -0.3 is 24.0 Å². The molecule has 0 spiro atoms. The molecule has 2 saturated carbocycles. The van der Waals surface area contributed by atoms with Gasteiger partial charge in [0.25, 0.3) is 0 Å². The minimum atomic E-state index is -3.98. The second-order valence-corrected chi connectivity index (χ2v) is 20.9. The van der Waals surface area contributed by atoms with E-state index in [9.17, 15) is 23.8 Å². The van der Waals surface area contributed by atoms with Crippen molar-refractivity contribution < 1.29 is 38.1 Å². The van der Waals surface area contributed by atoms with Gasteiger partial charge in [-0.3, -0.25) is 18.9 Å². The van der Waals surface area contributed by atoms with Crippen molar-refractivity contribution in [3.8, 4) is 22.8 Å². The minimum absolute atomic E-state index is 0.0763. The third-order valence-electron chi connectivity index (χ3n) is 12.2. The predicted molar refractivity (Wildman–Crippen MR) is 225 cm³/mol. The van der Waals surface area contributed by atoms with Gasteiger partial charge in [-0.05, 0) is 62.5 Å². The van der Waals surface area contributed by atoms with Gasteiger partial charge in [-0.15, -0.1) is 17.9 Å². The van der Waals surface area contributed by atoms with Crippen molar-refractivity contribution in [3.05, 3.63) is 83.3 Å². The summed E-state index contributed by atoms with van der Waals surface area (Å²) < 4.78 is 32.4. The zero-order chi connectivity index (χ0) is 41.4. The summed E-state index contributed by atoms with van der Waals surface area (Å²) in [5.41, 5.74) is 2.10. The first-order valence-corrected chi connectivity index (χ1v) is 22.9. The summed E-state index contributed by atoms with van der Waals surface area (Å²) in [7, 11) is -2.39. The summed E-state index contributed by atoms with van der Waals surface area (Å²) in [4.78, 5) is 65.7. The van der Waals surface area contributed by atoms with Crippen molar-refractivity contribution in [2.45, 2.75) is 109 Å². The van der Waals surface area contributed by atoms with E-state index >= 15 is 0 Å². The van der Waals surface area contributed by atoms with Crippen LogP contribution in [0.4, 0.5) is 0 Å². The van der Waals surface area contributed by atoms with Gasteiger partial charge in [-0.25, -0.2) is 9.97 Å². The fourth-order valence-electron chi connectivity index (χ4n) is 8.77. The number of methoxy groups -OCH3 is 1. The Morgan fingerprint density at radius 3 is 2.47 bits per heavy atom. The Morgan fingerprint density at radius 2 is 1.83 bits per heavy atom. The van der Waals surface area contributed by atoms with E-state index in [4.69, 9.17) is 19.2 Å². The number of hydrogen-bond acceptors (Lipinski definition) is 10. The highest BCUT2D eigenvalue weighted by Crippen LogP contribution is 2.74. The monoisotopic (exact) mass is 827 g/mol. The molecule has 3 aliphatic rings. The number of allylic oxidation sites excluding steroid dienone is 1. The van der Waals surface area contributed by atoms with E-state index in [2.05, 4.69) is 11.6 Å². The molecule has 2 aliphatic carbocycles. The van der Waals surface area contributed by atoms with Crippen LogP contribution < -0.4 is 9.47 Å². The zero-order valence-corrected chi connectivity index (χ0v) is 35.7. The number of thiazole rings is 1. The van der Waals surface area contributed by atoms with Gasteiger partial charge in [0.05, 0.1) is 65.3 Å². The number of hydrogen-bond donors (Lipinski definition) is 1. The maximum Gasteiger partial charge on any atom is 0.306 e. The predicted octanol–water partition coefficient (Wildman–Crippen LogP) is 8.94. The van der Waals surface area contributed by atoms with Crippen LogP contribution in [0.1, 0.15) is 82.8 Å². The average Bonchev–Trinajstić information content (AvgIpc) is 3.53. The van der Waals surface area contributed by atoms with E-state index in [-0.39, 0.29) is 55.7 Å². The smallest absolute Gasteiger partial charge is 0.306 e. The molecule has 4 aromatic rings. The number of rotatable bonds is 15. The standard InChI is InChI=1S/C45H54N3O8PS/c1-7-30-23-45(30,57(52,53)26-31-27-58-28(2)46-31)24-40(49)39-20-34(25-48(39)43(51)36(44(3,4)5)21-42(50)56-32-15-11-12-16-32)55-41-22-37(29-13-9-8-10-14-29)47-38-19-33(54-6)17-18-35(38)41/h7-10,13-14,17-19,22,27,30,32,34,36,39H,1,11-12,15-16,20-21,23-26H2,2-6H3,(H,52,53)/t30-,34-,36-,39+,45-/m1/s1. The zero-order valence-electron chi connectivity index (χ0n) is 34.0. The molecule has 1 N–H and O–H groups in total. The van der Waals surface area contributed by atoms with Crippen molar-refractivity contribution in [3.63, 3.8) is 0 Å². The second kappa shape index (κ2) is 16.7. The fourth-order valence-corrected chi connectivity index (χ4v) is 11.9. The number of nitrogens with zero attached hydrogens (tertiary/aromatic N) is 3. The number of ketones is 1. The summed E-state index contributed by atoms with van der Waals surface area (Å²) >= 11 is 1.41. The van der Waals surface area contributed by atoms with Gasteiger partial charge in [-0.1, -0.05) is 57.2 Å². The van der Waals surface area contributed by atoms with Crippen LogP contribution in [0.15, 0.2) is 72.6 Å². The van der Waals surface area contributed by atoms with E-state index in [1.165, 1.54) is 11.3 Å². The lowest BCUT2D eigenvalue weighted by Crippen LogP contribution is -2.48. The van der Waals surface area contributed by atoms with E-state index < -0.39 is 42.0 Å². The van der Waals surface area contributed by atoms with Gasteiger partial charge in [0, 0.05) is 41.3 Å². The molecule has 7 rings (SSSR count). The normalized spacial score (nSPS) is 23.6. The number of benzene rings is 2. The van der Waals surface area contributed by atoms with Gasteiger partial charge in [0.2, 0.25) is 13.3 Å². The van der Waals surface area contributed by atoms with Crippen molar-refractivity contribution in [1.82, 2.24) is 14.9 Å². The first kappa shape index (κ1) is 41.8. The SMILES string of the molecule is C=C[C@@H]1C[C@]1(CC(=O)[C@@H]1C[C@@H](Oc2cc(-c3ccccc3)nc3cc(OC)ccc23)CN1C(=O)[C@@H](CC(=O)OC1CCCC1)C(C)(C)C)P(=O)(O)Cc1csc(C)n1. The Balaban J connectivity index is 1.22. The number of amides is 1. The molecule has 58 heavy (non-hydrogen) atoms. The lowest BCUT2D eigenvalue weighted by molar-refractivity contribution is -0.156. The van der Waals surface area contributed by atoms with Gasteiger partial charge in [0.15, 0.2) is 5.78 Å².